The zero-order valence-corrected chi connectivity index (χ0v) is 18.3. The SMILES string of the molecule is COC(=O)C1=C2CCCN2C(c2nccs2)=NC1c1ccc(F)cc1Cl.CSN. The summed E-state index contributed by atoms with van der Waals surface area (Å²) in [5.41, 5.74) is 1.91. The number of esters is 1. The van der Waals surface area contributed by atoms with Crippen LogP contribution >= 0.6 is 34.9 Å². The number of hydrogen-bond donors (Lipinski definition) is 1. The lowest BCUT2D eigenvalue weighted by Crippen LogP contribution is -2.35. The van der Waals surface area contributed by atoms with Gasteiger partial charge in [-0.2, -0.15) is 0 Å². The molecule has 29 heavy (non-hydrogen) atoms. The molecule has 1 atom stereocenters. The molecule has 1 aromatic heterocycles. The third-order valence-corrected chi connectivity index (χ3v) is 5.59. The fraction of sp³-hybridized carbons (Fsp3) is 0.316. The average molecular weight is 455 g/mol. The van der Waals surface area contributed by atoms with Crippen molar-refractivity contribution in [1.29, 1.82) is 0 Å². The van der Waals surface area contributed by atoms with E-state index in [0.29, 0.717) is 17.0 Å². The van der Waals surface area contributed by atoms with Gasteiger partial charge < -0.3 is 9.64 Å². The van der Waals surface area contributed by atoms with Crippen LogP contribution in [0.3, 0.4) is 0 Å². The van der Waals surface area contributed by atoms with Crippen LogP contribution in [0.5, 0.6) is 0 Å². The van der Waals surface area contributed by atoms with E-state index in [1.54, 1.807) is 12.3 Å². The maximum absolute atomic E-state index is 13.5. The number of allylic oxidation sites excluding steroid dienone is 1. The molecule has 1 fully saturated rings. The fourth-order valence-electron chi connectivity index (χ4n) is 3.39. The van der Waals surface area contributed by atoms with Crippen LogP contribution in [-0.2, 0) is 9.53 Å². The van der Waals surface area contributed by atoms with Gasteiger partial charge in [-0.1, -0.05) is 29.6 Å². The lowest BCUT2D eigenvalue weighted by atomic mass is 9.94. The van der Waals surface area contributed by atoms with Crippen LogP contribution in [0.2, 0.25) is 5.02 Å². The molecule has 1 saturated heterocycles. The maximum atomic E-state index is 13.5. The fourth-order valence-corrected chi connectivity index (χ4v) is 4.31. The normalized spacial score (nSPS) is 18.0. The zero-order valence-electron chi connectivity index (χ0n) is 15.9. The van der Waals surface area contributed by atoms with E-state index in [-0.39, 0.29) is 5.02 Å². The number of carbonyl (C=O) groups is 1. The molecule has 0 aliphatic carbocycles. The highest BCUT2D eigenvalue weighted by Crippen LogP contribution is 2.42. The average Bonchev–Trinajstić information content (AvgIpc) is 3.39. The van der Waals surface area contributed by atoms with Gasteiger partial charge in [0, 0.05) is 34.4 Å². The van der Waals surface area contributed by atoms with Crippen molar-refractivity contribution in [3.8, 4) is 0 Å². The number of rotatable bonds is 3. The molecule has 2 aliphatic heterocycles. The van der Waals surface area contributed by atoms with E-state index in [1.165, 1.54) is 42.5 Å². The number of thiazole rings is 1. The number of hydrogen-bond acceptors (Lipinski definition) is 8. The summed E-state index contributed by atoms with van der Waals surface area (Å²) in [5, 5.41) is 7.65. The number of benzene rings is 1. The summed E-state index contributed by atoms with van der Waals surface area (Å²) in [7, 11) is 1.35. The summed E-state index contributed by atoms with van der Waals surface area (Å²) in [6.07, 6.45) is 5.19. The Kier molecular flexibility index (Phi) is 7.28. The highest BCUT2D eigenvalue weighted by molar-refractivity contribution is 7.96. The molecule has 3 heterocycles. The van der Waals surface area contributed by atoms with Gasteiger partial charge in [-0.25, -0.2) is 14.2 Å². The van der Waals surface area contributed by atoms with E-state index in [2.05, 4.69) is 4.98 Å². The molecular formula is C19H20ClFN4O2S2. The smallest absolute Gasteiger partial charge is 0.338 e. The van der Waals surface area contributed by atoms with Crippen LogP contribution in [0.15, 0.2) is 46.0 Å². The highest BCUT2D eigenvalue weighted by Gasteiger charge is 2.39. The Bertz CT molecular complexity index is 950. The van der Waals surface area contributed by atoms with Gasteiger partial charge in [0.15, 0.2) is 10.8 Å². The number of carbonyl (C=O) groups excluding carboxylic acids is 1. The van der Waals surface area contributed by atoms with Crippen LogP contribution < -0.4 is 5.14 Å². The van der Waals surface area contributed by atoms with E-state index in [1.807, 2.05) is 16.5 Å². The number of methoxy groups -OCH3 is 1. The first-order chi connectivity index (χ1) is 14.0. The van der Waals surface area contributed by atoms with Crippen molar-refractivity contribution in [2.75, 3.05) is 19.9 Å². The number of aromatic nitrogens is 1. The van der Waals surface area contributed by atoms with Crippen molar-refractivity contribution in [2.24, 2.45) is 10.1 Å². The molecule has 4 rings (SSSR count). The molecule has 2 aromatic rings. The molecule has 0 spiro atoms. The molecule has 2 N–H and O–H groups in total. The van der Waals surface area contributed by atoms with Crippen molar-refractivity contribution in [2.45, 2.75) is 18.9 Å². The quantitative estimate of drug-likeness (QED) is 0.553. The van der Waals surface area contributed by atoms with Crippen LogP contribution in [0.25, 0.3) is 0 Å². The molecule has 1 aromatic carbocycles. The van der Waals surface area contributed by atoms with Crippen molar-refractivity contribution >= 4 is 46.7 Å². The number of aliphatic imine (C=N–C) groups is 1. The first-order valence-corrected chi connectivity index (χ1v) is 11.3. The molecule has 0 amide bonds. The summed E-state index contributed by atoms with van der Waals surface area (Å²) in [6.45, 7) is 0.762. The lowest BCUT2D eigenvalue weighted by molar-refractivity contribution is -0.136. The minimum atomic E-state index is -0.654. The second-order valence-corrected chi connectivity index (χ2v) is 7.97. The van der Waals surface area contributed by atoms with Gasteiger partial charge in [0.1, 0.15) is 11.9 Å². The molecule has 10 heteroatoms. The number of nitrogens with two attached hydrogens (primary N) is 1. The van der Waals surface area contributed by atoms with E-state index in [4.69, 9.17) is 26.5 Å². The summed E-state index contributed by atoms with van der Waals surface area (Å²) in [4.78, 5) is 23.8. The van der Waals surface area contributed by atoms with Crippen molar-refractivity contribution in [3.63, 3.8) is 0 Å². The predicted molar refractivity (Wildman–Crippen MR) is 115 cm³/mol. The van der Waals surface area contributed by atoms with Gasteiger partial charge in [0.05, 0.1) is 12.7 Å². The van der Waals surface area contributed by atoms with Gasteiger partial charge >= 0.3 is 5.97 Å². The molecule has 0 bridgehead atoms. The first kappa shape index (κ1) is 21.8. The van der Waals surface area contributed by atoms with Crippen LogP contribution in [0.4, 0.5) is 4.39 Å². The summed E-state index contributed by atoms with van der Waals surface area (Å²) in [5.74, 6) is -0.168. The Morgan fingerprint density at radius 1 is 1.48 bits per heavy atom. The highest BCUT2D eigenvalue weighted by atomic mass is 35.5. The third-order valence-electron chi connectivity index (χ3n) is 4.50. The van der Waals surface area contributed by atoms with E-state index >= 15 is 0 Å². The summed E-state index contributed by atoms with van der Waals surface area (Å²) < 4.78 is 18.5. The van der Waals surface area contributed by atoms with Gasteiger partial charge in [-0.15, -0.1) is 11.3 Å². The van der Waals surface area contributed by atoms with Crippen LogP contribution in [0, 0.1) is 5.82 Å². The minimum absolute atomic E-state index is 0.227. The number of fused-ring (bicyclic) bond motifs is 1. The van der Waals surface area contributed by atoms with Crippen molar-refractivity contribution in [1.82, 2.24) is 9.88 Å². The molecular weight excluding hydrogens is 435 g/mol. The van der Waals surface area contributed by atoms with Crippen molar-refractivity contribution < 1.29 is 13.9 Å². The lowest BCUT2D eigenvalue weighted by Gasteiger charge is -2.31. The molecule has 154 valence electrons. The third kappa shape index (κ3) is 4.48. The predicted octanol–water partition coefficient (Wildman–Crippen LogP) is 4.18. The molecule has 1 unspecified atom stereocenters. The summed E-state index contributed by atoms with van der Waals surface area (Å²) in [6, 6.07) is 3.47. The Labute approximate surface area is 181 Å². The van der Waals surface area contributed by atoms with Gasteiger partial charge in [0.2, 0.25) is 0 Å². The number of halogens is 2. The van der Waals surface area contributed by atoms with Crippen LogP contribution in [-0.4, -0.2) is 41.6 Å². The Morgan fingerprint density at radius 2 is 2.24 bits per heavy atom. The Morgan fingerprint density at radius 3 is 2.86 bits per heavy atom. The monoisotopic (exact) mass is 454 g/mol. The molecule has 2 aliphatic rings. The van der Waals surface area contributed by atoms with E-state index in [0.717, 1.165) is 30.1 Å². The van der Waals surface area contributed by atoms with Crippen LogP contribution in [0.1, 0.15) is 29.5 Å². The second kappa shape index (κ2) is 9.71. The Balaban J connectivity index is 0.000000755. The van der Waals surface area contributed by atoms with E-state index in [9.17, 15) is 9.18 Å². The molecule has 6 nitrogen and oxygen atoms in total. The zero-order chi connectivity index (χ0) is 21.0. The van der Waals surface area contributed by atoms with Gasteiger partial charge in [0.25, 0.3) is 0 Å². The van der Waals surface area contributed by atoms with Gasteiger partial charge in [-0.3, -0.25) is 10.1 Å². The standard InChI is InChI=1S/C18H15ClFN3O2S.CH5NS/c1-25-18(24)14-13-3-2-7-23(13)16(17-21-6-8-26-17)22-15(14)11-5-4-10(20)9-12(11)19;1-3-2/h4-6,8-9,15H,2-3,7H2,1H3;2H2,1H3. The van der Waals surface area contributed by atoms with E-state index < -0.39 is 17.8 Å². The molecule has 0 radical (unpaired) electrons. The number of amidine groups is 1. The summed E-state index contributed by atoms with van der Waals surface area (Å²) >= 11 is 9.01. The van der Waals surface area contributed by atoms with Gasteiger partial charge in [-0.05, 0) is 31.2 Å². The second-order valence-electron chi connectivity index (χ2n) is 6.20. The number of ether oxygens (including phenoxy) is 1. The minimum Gasteiger partial charge on any atom is -0.466 e. The van der Waals surface area contributed by atoms with Crippen molar-refractivity contribution in [3.05, 3.63) is 62.5 Å². The molecule has 0 saturated carbocycles. The topological polar surface area (TPSA) is 80.8 Å². The number of nitrogens with zero attached hydrogens (tertiary/aromatic N) is 3. The Hall–Kier alpha value is -1.94. The maximum Gasteiger partial charge on any atom is 0.338 e. The largest absolute Gasteiger partial charge is 0.466 e. The first-order valence-electron chi connectivity index (χ1n) is 8.76.